The highest BCUT2D eigenvalue weighted by atomic mass is 32.2. The van der Waals surface area contributed by atoms with Gasteiger partial charge in [-0.25, -0.2) is 9.50 Å². The van der Waals surface area contributed by atoms with Gasteiger partial charge in [0.1, 0.15) is 0 Å². The smallest absolute Gasteiger partial charge is 0.207 e. The maximum absolute atomic E-state index is 4.47. The van der Waals surface area contributed by atoms with Gasteiger partial charge in [-0.3, -0.25) is 4.68 Å². The molecule has 0 spiro atoms. The van der Waals surface area contributed by atoms with E-state index in [4.69, 9.17) is 0 Å². The first-order valence-corrected chi connectivity index (χ1v) is 6.38. The first-order chi connectivity index (χ1) is 8.28. The number of nitrogens with zero attached hydrogens (tertiary/aromatic N) is 5. The van der Waals surface area contributed by atoms with Gasteiger partial charge in [-0.2, -0.15) is 5.10 Å². The lowest BCUT2D eigenvalue weighted by Gasteiger charge is -2.00. The molecule has 0 saturated carbocycles. The molecule has 0 N–H and O–H groups in total. The normalized spacial score (nSPS) is 11.2. The van der Waals surface area contributed by atoms with Crippen LogP contribution in [0.3, 0.4) is 0 Å². The fourth-order valence-electron chi connectivity index (χ4n) is 1.75. The van der Waals surface area contributed by atoms with Crippen molar-refractivity contribution in [3.05, 3.63) is 30.7 Å². The minimum Gasteiger partial charge on any atom is -0.275 e. The zero-order chi connectivity index (χ0) is 11.8. The molecule has 86 valence electrons. The van der Waals surface area contributed by atoms with E-state index in [-0.39, 0.29) is 0 Å². The van der Waals surface area contributed by atoms with Gasteiger partial charge in [-0.15, -0.1) is 5.10 Å². The lowest BCUT2D eigenvalue weighted by molar-refractivity contribution is 0.767. The standard InChI is InChI=1S/C11H11N5S/c1-15-7-8(5-13-15)10-4-3-9-6-12-11(17-2)14-16(9)10/h3-7H,1-2H3. The van der Waals surface area contributed by atoms with Crippen molar-refractivity contribution in [2.75, 3.05) is 6.26 Å². The van der Waals surface area contributed by atoms with Gasteiger partial charge in [0, 0.05) is 18.8 Å². The monoisotopic (exact) mass is 245 g/mol. The molecule has 5 nitrogen and oxygen atoms in total. The van der Waals surface area contributed by atoms with Crippen LogP contribution in [0.2, 0.25) is 0 Å². The van der Waals surface area contributed by atoms with E-state index in [9.17, 15) is 0 Å². The van der Waals surface area contributed by atoms with Crippen LogP contribution in [-0.4, -0.2) is 30.6 Å². The van der Waals surface area contributed by atoms with Gasteiger partial charge in [-0.1, -0.05) is 11.8 Å². The number of hydrogen-bond donors (Lipinski definition) is 0. The topological polar surface area (TPSA) is 48.0 Å². The quantitative estimate of drug-likeness (QED) is 0.646. The Kier molecular flexibility index (Phi) is 2.36. The Balaban J connectivity index is 2.22. The molecule has 0 aliphatic heterocycles. The molecular formula is C11H11N5S. The summed E-state index contributed by atoms with van der Waals surface area (Å²) in [6.07, 6.45) is 7.61. The third-order valence-corrected chi connectivity index (χ3v) is 3.11. The summed E-state index contributed by atoms with van der Waals surface area (Å²) in [5, 5.41) is 9.41. The second-order valence-corrected chi connectivity index (χ2v) is 4.48. The molecule has 3 rings (SSSR count). The third-order valence-electron chi connectivity index (χ3n) is 2.56. The average Bonchev–Trinajstić information content (AvgIpc) is 2.93. The van der Waals surface area contributed by atoms with Gasteiger partial charge in [0.25, 0.3) is 0 Å². The van der Waals surface area contributed by atoms with Crippen molar-refractivity contribution in [3.63, 3.8) is 0 Å². The molecule has 6 heteroatoms. The molecule has 3 aromatic heterocycles. The Morgan fingerprint density at radius 1 is 1.24 bits per heavy atom. The molecule has 17 heavy (non-hydrogen) atoms. The molecule has 0 radical (unpaired) electrons. The maximum Gasteiger partial charge on any atom is 0.207 e. The summed E-state index contributed by atoms with van der Waals surface area (Å²) in [5.74, 6) is 0. The second kappa shape index (κ2) is 3.89. The van der Waals surface area contributed by atoms with Crippen molar-refractivity contribution in [2.45, 2.75) is 5.16 Å². The summed E-state index contributed by atoms with van der Waals surface area (Å²) in [5.41, 5.74) is 3.07. The highest BCUT2D eigenvalue weighted by molar-refractivity contribution is 7.98. The van der Waals surface area contributed by atoms with Gasteiger partial charge in [0.2, 0.25) is 5.16 Å². The molecule has 0 aromatic carbocycles. The largest absolute Gasteiger partial charge is 0.275 e. The fraction of sp³-hybridized carbons (Fsp3) is 0.182. The maximum atomic E-state index is 4.47. The lowest BCUT2D eigenvalue weighted by Crippen LogP contribution is -1.97. The van der Waals surface area contributed by atoms with E-state index >= 15 is 0 Å². The van der Waals surface area contributed by atoms with Crippen LogP contribution in [-0.2, 0) is 7.05 Å². The van der Waals surface area contributed by atoms with E-state index in [1.54, 1.807) is 4.68 Å². The summed E-state index contributed by atoms with van der Waals surface area (Å²) < 4.78 is 3.68. The predicted molar refractivity (Wildman–Crippen MR) is 67.0 cm³/mol. The van der Waals surface area contributed by atoms with E-state index in [0.717, 1.165) is 21.9 Å². The molecule has 0 bridgehead atoms. The number of aryl methyl sites for hydroxylation is 1. The Hall–Kier alpha value is -1.82. The molecule has 3 aromatic rings. The average molecular weight is 245 g/mol. The van der Waals surface area contributed by atoms with Gasteiger partial charge in [-0.05, 0) is 18.4 Å². The molecule has 0 atom stereocenters. The Bertz CT molecular complexity index is 669. The highest BCUT2D eigenvalue weighted by Crippen LogP contribution is 2.21. The van der Waals surface area contributed by atoms with E-state index in [0.29, 0.717) is 0 Å². The third kappa shape index (κ3) is 1.70. The van der Waals surface area contributed by atoms with Crippen molar-refractivity contribution >= 4 is 17.3 Å². The zero-order valence-corrected chi connectivity index (χ0v) is 10.3. The van der Waals surface area contributed by atoms with Crippen LogP contribution >= 0.6 is 11.8 Å². The molecule has 0 amide bonds. The van der Waals surface area contributed by atoms with Crippen molar-refractivity contribution < 1.29 is 0 Å². The molecule has 0 unspecified atom stereocenters. The van der Waals surface area contributed by atoms with Gasteiger partial charge in [0.15, 0.2) is 0 Å². The van der Waals surface area contributed by atoms with E-state index in [2.05, 4.69) is 15.2 Å². The first kappa shape index (κ1) is 10.3. The molecule has 0 aliphatic carbocycles. The van der Waals surface area contributed by atoms with Crippen LogP contribution in [0.25, 0.3) is 16.8 Å². The van der Waals surface area contributed by atoms with Crippen molar-refractivity contribution in [3.8, 4) is 11.3 Å². The molecular weight excluding hydrogens is 234 g/mol. The van der Waals surface area contributed by atoms with E-state index in [1.807, 2.05) is 48.5 Å². The molecule has 0 saturated heterocycles. The van der Waals surface area contributed by atoms with Gasteiger partial charge < -0.3 is 0 Å². The number of hydrogen-bond acceptors (Lipinski definition) is 4. The van der Waals surface area contributed by atoms with Gasteiger partial charge >= 0.3 is 0 Å². The summed E-state index contributed by atoms with van der Waals surface area (Å²) in [4.78, 5) is 4.25. The summed E-state index contributed by atoms with van der Waals surface area (Å²) >= 11 is 1.53. The van der Waals surface area contributed by atoms with Crippen LogP contribution in [0, 0.1) is 0 Å². The van der Waals surface area contributed by atoms with Crippen LogP contribution in [0.5, 0.6) is 0 Å². The first-order valence-electron chi connectivity index (χ1n) is 5.16. The fourth-order valence-corrected chi connectivity index (χ4v) is 2.07. The zero-order valence-electron chi connectivity index (χ0n) is 9.53. The van der Waals surface area contributed by atoms with Crippen molar-refractivity contribution in [2.24, 2.45) is 7.05 Å². The van der Waals surface area contributed by atoms with Crippen LogP contribution in [0.4, 0.5) is 0 Å². The number of fused-ring (bicyclic) bond motifs is 1. The van der Waals surface area contributed by atoms with Crippen molar-refractivity contribution in [1.29, 1.82) is 0 Å². The number of aromatic nitrogens is 5. The Labute approximate surface area is 102 Å². The van der Waals surface area contributed by atoms with Crippen LogP contribution < -0.4 is 0 Å². The van der Waals surface area contributed by atoms with Crippen LogP contribution in [0.1, 0.15) is 0 Å². The van der Waals surface area contributed by atoms with Gasteiger partial charge in [0.05, 0.1) is 23.6 Å². The predicted octanol–water partition coefficient (Wildman–Crippen LogP) is 1.85. The minimum atomic E-state index is 0.763. The lowest BCUT2D eigenvalue weighted by atomic mass is 10.3. The van der Waals surface area contributed by atoms with Crippen LogP contribution in [0.15, 0.2) is 35.9 Å². The highest BCUT2D eigenvalue weighted by Gasteiger charge is 2.08. The summed E-state index contributed by atoms with van der Waals surface area (Å²) in [6.45, 7) is 0. The Morgan fingerprint density at radius 2 is 2.12 bits per heavy atom. The van der Waals surface area contributed by atoms with Crippen molar-refractivity contribution in [1.82, 2.24) is 24.4 Å². The van der Waals surface area contributed by atoms with E-state index in [1.165, 1.54) is 11.8 Å². The Morgan fingerprint density at radius 3 is 2.82 bits per heavy atom. The van der Waals surface area contributed by atoms with E-state index < -0.39 is 0 Å². The molecule has 3 heterocycles. The summed E-state index contributed by atoms with van der Waals surface area (Å²) in [6, 6.07) is 4.04. The summed E-state index contributed by atoms with van der Waals surface area (Å²) in [7, 11) is 1.90. The number of thioether (sulfide) groups is 1. The second-order valence-electron chi connectivity index (χ2n) is 3.70. The number of rotatable bonds is 2. The molecule has 0 fully saturated rings. The molecule has 0 aliphatic rings. The SMILES string of the molecule is CSc1ncc2ccc(-c3cnn(C)c3)n2n1. The minimum absolute atomic E-state index is 0.763.